The van der Waals surface area contributed by atoms with E-state index < -0.39 is 6.10 Å². The fourth-order valence-corrected chi connectivity index (χ4v) is 8.36. The average Bonchev–Trinajstić information content (AvgIpc) is 3.30. The van der Waals surface area contributed by atoms with Crippen LogP contribution in [-0.2, 0) is 23.8 Å². The Morgan fingerprint density at radius 3 is 1.09 bits per heavy atom. The van der Waals surface area contributed by atoms with Gasteiger partial charge in [-0.1, -0.05) is 250 Å². The van der Waals surface area contributed by atoms with Gasteiger partial charge in [0, 0.05) is 19.4 Å². The van der Waals surface area contributed by atoms with Gasteiger partial charge in [0.15, 0.2) is 6.10 Å². The lowest BCUT2D eigenvalue weighted by molar-refractivity contribution is -0.163. The first-order chi connectivity index (χ1) is 31.6. The van der Waals surface area contributed by atoms with E-state index in [1.54, 1.807) is 0 Å². The van der Waals surface area contributed by atoms with Gasteiger partial charge in [0.2, 0.25) is 0 Å². The number of carbonyl (C=O) groups excluding carboxylic acids is 2. The van der Waals surface area contributed by atoms with Crippen molar-refractivity contribution in [1.82, 2.24) is 0 Å². The van der Waals surface area contributed by atoms with Crippen molar-refractivity contribution in [3.63, 3.8) is 0 Å². The molecular weight excluding hydrogens is 789 g/mol. The standard InChI is InChI=1S/C59H110O5/c1-4-7-10-13-16-19-22-25-27-29-30-31-32-35-37-40-43-46-49-52-58(60)63-56-57(64-59(61)53-50-47-44-41-38-34-24-21-18-15-12-9-6-3)55-62-54-51-48-45-42-39-36-33-28-26-23-20-17-14-11-8-5-2/h17,20-21,24,26,28,57H,4-16,18-19,22-23,25,27,29-56H2,1-3H3/b20-17-,24-21-,28-26-. The smallest absolute Gasteiger partial charge is 0.306 e. The van der Waals surface area contributed by atoms with Gasteiger partial charge in [0.25, 0.3) is 0 Å². The van der Waals surface area contributed by atoms with Crippen LogP contribution < -0.4 is 0 Å². The highest BCUT2D eigenvalue weighted by atomic mass is 16.6. The molecule has 0 N–H and O–H groups in total. The molecule has 0 spiro atoms. The van der Waals surface area contributed by atoms with Crippen LogP contribution in [0.1, 0.15) is 303 Å². The lowest BCUT2D eigenvalue weighted by Gasteiger charge is -2.18. The van der Waals surface area contributed by atoms with Crippen molar-refractivity contribution in [2.24, 2.45) is 0 Å². The van der Waals surface area contributed by atoms with Gasteiger partial charge >= 0.3 is 11.9 Å². The molecule has 0 fully saturated rings. The first-order valence-corrected chi connectivity index (χ1v) is 28.5. The second-order valence-corrected chi connectivity index (χ2v) is 19.2. The zero-order valence-corrected chi connectivity index (χ0v) is 43.3. The van der Waals surface area contributed by atoms with E-state index in [-0.39, 0.29) is 25.2 Å². The van der Waals surface area contributed by atoms with Crippen molar-refractivity contribution < 1.29 is 23.8 Å². The Hall–Kier alpha value is -1.88. The minimum atomic E-state index is -0.542. The molecule has 0 bridgehead atoms. The van der Waals surface area contributed by atoms with Gasteiger partial charge in [-0.25, -0.2) is 0 Å². The van der Waals surface area contributed by atoms with Gasteiger partial charge in [-0.2, -0.15) is 0 Å². The summed E-state index contributed by atoms with van der Waals surface area (Å²) in [6, 6.07) is 0. The maximum absolute atomic E-state index is 12.8. The summed E-state index contributed by atoms with van der Waals surface area (Å²) in [7, 11) is 0. The van der Waals surface area contributed by atoms with Crippen LogP contribution in [-0.4, -0.2) is 37.9 Å². The van der Waals surface area contributed by atoms with Crippen molar-refractivity contribution >= 4 is 11.9 Å². The van der Waals surface area contributed by atoms with Crippen LogP contribution in [0.2, 0.25) is 0 Å². The predicted molar refractivity (Wildman–Crippen MR) is 279 cm³/mol. The largest absolute Gasteiger partial charge is 0.462 e. The maximum atomic E-state index is 12.8. The predicted octanol–water partition coefficient (Wildman–Crippen LogP) is 19.4. The molecule has 1 unspecified atom stereocenters. The van der Waals surface area contributed by atoms with E-state index in [0.29, 0.717) is 19.4 Å². The maximum Gasteiger partial charge on any atom is 0.306 e. The van der Waals surface area contributed by atoms with Gasteiger partial charge < -0.3 is 14.2 Å². The fourth-order valence-electron chi connectivity index (χ4n) is 8.36. The molecule has 376 valence electrons. The zero-order chi connectivity index (χ0) is 46.3. The molecule has 0 aliphatic carbocycles. The number of carbonyl (C=O) groups is 2. The normalized spacial score (nSPS) is 12.4. The van der Waals surface area contributed by atoms with E-state index in [9.17, 15) is 9.59 Å². The van der Waals surface area contributed by atoms with Crippen molar-refractivity contribution in [3.05, 3.63) is 36.5 Å². The molecule has 1 atom stereocenters. The minimum Gasteiger partial charge on any atom is -0.462 e. The van der Waals surface area contributed by atoms with E-state index in [1.807, 2.05) is 0 Å². The molecule has 0 aromatic rings. The molecule has 0 rings (SSSR count). The summed E-state index contributed by atoms with van der Waals surface area (Å²) in [5.41, 5.74) is 0. The Kier molecular flexibility index (Phi) is 53.8. The Morgan fingerprint density at radius 2 is 0.656 bits per heavy atom. The SMILES string of the molecule is CCCCC/C=C\C/C=C\CCCCCCCCOCC(COC(=O)CCCCCCCCCCCCCCCCCCCCC)OC(=O)CCCCCCC/C=C\CCCCCC. The van der Waals surface area contributed by atoms with Crippen LogP contribution >= 0.6 is 0 Å². The summed E-state index contributed by atoms with van der Waals surface area (Å²) in [5, 5.41) is 0. The topological polar surface area (TPSA) is 61.8 Å². The molecule has 0 saturated heterocycles. The van der Waals surface area contributed by atoms with E-state index in [2.05, 4.69) is 57.2 Å². The molecule has 0 radical (unpaired) electrons. The van der Waals surface area contributed by atoms with Gasteiger partial charge in [-0.15, -0.1) is 0 Å². The van der Waals surface area contributed by atoms with Gasteiger partial charge in [-0.3, -0.25) is 9.59 Å². The van der Waals surface area contributed by atoms with Crippen molar-refractivity contribution in [3.8, 4) is 0 Å². The first-order valence-electron chi connectivity index (χ1n) is 28.5. The van der Waals surface area contributed by atoms with Crippen molar-refractivity contribution in [2.45, 2.75) is 309 Å². The number of ether oxygens (including phenoxy) is 3. The highest BCUT2D eigenvalue weighted by molar-refractivity contribution is 5.70. The molecule has 0 aromatic heterocycles. The average molecular weight is 900 g/mol. The van der Waals surface area contributed by atoms with Crippen LogP contribution in [0.15, 0.2) is 36.5 Å². The highest BCUT2D eigenvalue weighted by Crippen LogP contribution is 2.16. The van der Waals surface area contributed by atoms with Crippen LogP contribution in [0.4, 0.5) is 0 Å². The van der Waals surface area contributed by atoms with Gasteiger partial charge in [0.1, 0.15) is 6.61 Å². The molecule has 0 heterocycles. The number of unbranched alkanes of at least 4 members (excludes halogenated alkanes) is 36. The molecule has 0 aliphatic heterocycles. The molecule has 0 aromatic carbocycles. The third kappa shape index (κ3) is 52.7. The molecular formula is C59H110O5. The molecule has 0 saturated carbocycles. The summed E-state index contributed by atoms with van der Waals surface area (Å²) < 4.78 is 17.5. The lowest BCUT2D eigenvalue weighted by Crippen LogP contribution is -2.30. The Bertz CT molecular complexity index is 1020. The summed E-state index contributed by atoms with van der Waals surface area (Å²) in [4.78, 5) is 25.5. The fraction of sp³-hybridized carbons (Fsp3) is 0.864. The minimum absolute atomic E-state index is 0.0828. The molecule has 0 aliphatic rings. The molecule has 0 amide bonds. The molecule has 5 heteroatoms. The second-order valence-electron chi connectivity index (χ2n) is 19.2. The number of allylic oxidation sites excluding steroid dienone is 6. The number of hydrogen-bond donors (Lipinski definition) is 0. The summed E-state index contributed by atoms with van der Waals surface area (Å²) in [6.07, 6.45) is 67.3. The van der Waals surface area contributed by atoms with Gasteiger partial charge in [0.05, 0.1) is 6.61 Å². The Balaban J connectivity index is 4.22. The van der Waals surface area contributed by atoms with Crippen LogP contribution in [0.25, 0.3) is 0 Å². The van der Waals surface area contributed by atoms with Crippen LogP contribution in [0.5, 0.6) is 0 Å². The lowest BCUT2D eigenvalue weighted by atomic mass is 10.0. The zero-order valence-electron chi connectivity index (χ0n) is 43.3. The first kappa shape index (κ1) is 62.1. The Morgan fingerprint density at radius 1 is 0.344 bits per heavy atom. The quantitative estimate of drug-likeness (QED) is 0.0346. The van der Waals surface area contributed by atoms with Gasteiger partial charge in [-0.05, 0) is 77.0 Å². The van der Waals surface area contributed by atoms with Crippen molar-refractivity contribution in [2.75, 3.05) is 19.8 Å². The summed E-state index contributed by atoms with van der Waals surface area (Å²) in [5.74, 6) is -0.396. The van der Waals surface area contributed by atoms with E-state index in [1.165, 1.54) is 212 Å². The van der Waals surface area contributed by atoms with Crippen LogP contribution in [0.3, 0.4) is 0 Å². The second kappa shape index (κ2) is 55.4. The van der Waals surface area contributed by atoms with E-state index >= 15 is 0 Å². The third-order valence-electron chi connectivity index (χ3n) is 12.6. The number of esters is 2. The molecule has 5 nitrogen and oxygen atoms in total. The van der Waals surface area contributed by atoms with E-state index in [0.717, 1.165) is 57.8 Å². The Labute approximate surface area is 400 Å². The summed E-state index contributed by atoms with van der Waals surface area (Å²) >= 11 is 0. The molecule has 64 heavy (non-hydrogen) atoms. The highest BCUT2D eigenvalue weighted by Gasteiger charge is 2.17. The number of hydrogen-bond acceptors (Lipinski definition) is 5. The van der Waals surface area contributed by atoms with Crippen LogP contribution in [0, 0.1) is 0 Å². The van der Waals surface area contributed by atoms with E-state index in [4.69, 9.17) is 14.2 Å². The monoisotopic (exact) mass is 899 g/mol. The third-order valence-corrected chi connectivity index (χ3v) is 12.6. The summed E-state index contributed by atoms with van der Waals surface area (Å²) in [6.45, 7) is 7.81. The number of rotatable bonds is 53. The van der Waals surface area contributed by atoms with Crippen molar-refractivity contribution in [1.29, 1.82) is 0 Å².